The van der Waals surface area contributed by atoms with Gasteiger partial charge in [-0.2, -0.15) is 0 Å². The molecule has 68 valence electrons. The van der Waals surface area contributed by atoms with Gasteiger partial charge < -0.3 is 18.2 Å². The Hall–Kier alpha value is 0.947. The van der Waals surface area contributed by atoms with Crippen LogP contribution in [0.2, 0.25) is 0 Å². The van der Waals surface area contributed by atoms with Gasteiger partial charge in [0, 0.05) is 0 Å². The van der Waals surface area contributed by atoms with Crippen LogP contribution in [-0.2, 0) is 0 Å². The molecule has 0 N–H and O–H groups in total. The molecule has 0 aromatic rings. The zero-order valence-corrected chi connectivity index (χ0v) is 10.1. The summed E-state index contributed by atoms with van der Waals surface area (Å²) in [5, 5.41) is 0. The number of hydrogen-bond donors (Lipinski definition) is 0. The van der Waals surface area contributed by atoms with Gasteiger partial charge in [-0.15, -0.1) is 0 Å². The predicted molar refractivity (Wildman–Crippen MR) is 52.8 cm³/mol. The smallest absolute Gasteiger partial charge is 0.446 e. The molecule has 2 nitrogen and oxygen atoms in total. The van der Waals surface area contributed by atoms with Gasteiger partial charge in [-0.25, -0.2) is 0 Å². The van der Waals surface area contributed by atoms with Crippen LogP contribution in [0, 0.1) is 0 Å². The van der Waals surface area contributed by atoms with Crippen molar-refractivity contribution in [1.29, 1.82) is 0 Å². The second-order valence-electron chi connectivity index (χ2n) is 2.37. The van der Waals surface area contributed by atoms with E-state index in [0.717, 1.165) is 26.2 Å². The summed E-state index contributed by atoms with van der Waals surface area (Å²) in [6.07, 6.45) is 0. The van der Waals surface area contributed by atoms with Crippen LogP contribution in [0.5, 0.6) is 0 Å². The van der Waals surface area contributed by atoms with Gasteiger partial charge in [-0.05, 0) is 26.2 Å². The van der Waals surface area contributed by atoms with Crippen LogP contribution in [0.4, 0.5) is 0 Å². The van der Waals surface area contributed by atoms with Crippen LogP contribution in [-0.4, -0.2) is 35.5 Å². The fourth-order valence-electron chi connectivity index (χ4n) is 0.879. The van der Waals surface area contributed by atoms with E-state index < -0.39 is 0 Å². The summed E-state index contributed by atoms with van der Waals surface area (Å²) in [6, 6.07) is 0. The molecule has 4 heteroatoms. The molecule has 0 fully saturated rings. The molecule has 12 heavy (non-hydrogen) atoms. The summed E-state index contributed by atoms with van der Waals surface area (Å²) in [6.45, 7) is 13.4. The molecule has 0 amide bonds. The van der Waals surface area contributed by atoms with Gasteiger partial charge in [-0.3, -0.25) is 0 Å². The maximum absolute atomic E-state index is 2.41. The Morgan fingerprint density at radius 1 is 0.750 bits per heavy atom. The molecule has 0 atom stereocenters. The van der Waals surface area contributed by atoms with Crippen molar-refractivity contribution in [3.63, 3.8) is 0 Å². The molecule has 0 rings (SSSR count). The first-order chi connectivity index (χ1) is 5.28. The maximum Gasteiger partial charge on any atom is 1.00 e. The van der Waals surface area contributed by atoms with Crippen LogP contribution in [0.15, 0.2) is 0 Å². The van der Waals surface area contributed by atoms with Crippen LogP contribution in [0.25, 0.3) is 0 Å². The molecule has 0 aliphatic rings. The zero-order valence-electron chi connectivity index (χ0n) is 9.17. The Morgan fingerprint density at radius 2 is 1.00 bits per heavy atom. The Bertz CT molecular complexity index is 75.1. The van der Waals surface area contributed by atoms with Gasteiger partial charge in [-0.1, -0.05) is 27.7 Å². The van der Waals surface area contributed by atoms with E-state index in [1.165, 1.54) is 8.88 Å². The van der Waals surface area contributed by atoms with E-state index in [-0.39, 0.29) is 18.9 Å². The molecule has 0 spiro atoms. The summed E-state index contributed by atoms with van der Waals surface area (Å²) >= 11 is 0. The third kappa shape index (κ3) is 6.46. The van der Waals surface area contributed by atoms with Gasteiger partial charge >= 0.3 is 18.9 Å². The summed E-state index contributed by atoms with van der Waals surface area (Å²) < 4.78 is 4.82. The van der Waals surface area contributed by atoms with E-state index in [1.54, 1.807) is 0 Å². The molecule has 0 heterocycles. The van der Waals surface area contributed by atoms with E-state index in [9.17, 15) is 0 Å². The monoisotopic (exact) mass is 182 g/mol. The number of hydrogen-bond acceptors (Lipinski definition) is 2. The fraction of sp³-hybridized carbons (Fsp3) is 1.00. The SMILES string of the molecule is CCN(CC)[P-]N(CC)CC.[Li+]. The molecule has 0 unspecified atom stereocenters. The number of rotatable bonds is 6. The molecule has 0 saturated heterocycles. The Labute approximate surface area is 91.1 Å². The van der Waals surface area contributed by atoms with Crippen LogP contribution in [0.3, 0.4) is 0 Å². The molecule has 0 saturated carbocycles. The second-order valence-corrected chi connectivity index (χ2v) is 3.68. The molecule has 0 aromatic carbocycles. The van der Waals surface area contributed by atoms with Crippen LogP contribution >= 0.6 is 8.88 Å². The maximum atomic E-state index is 2.41. The third-order valence-corrected chi connectivity index (χ3v) is 3.35. The van der Waals surface area contributed by atoms with Gasteiger partial charge in [0.2, 0.25) is 0 Å². The second kappa shape index (κ2) is 10.0. The van der Waals surface area contributed by atoms with E-state index in [1.807, 2.05) is 0 Å². The standard InChI is InChI=1S/C8H20N2P.Li/c1-5-9(6-2)11-10(7-3)8-4;/h5-8H2,1-4H3;/q-1;+1. The number of nitrogens with zero attached hydrogens (tertiary/aromatic N) is 2. The molecule has 0 radical (unpaired) electrons. The summed E-state index contributed by atoms with van der Waals surface area (Å²) in [4.78, 5) is 0. The van der Waals surface area contributed by atoms with Crippen molar-refractivity contribution in [3.05, 3.63) is 0 Å². The van der Waals surface area contributed by atoms with Gasteiger partial charge in [0.15, 0.2) is 0 Å². The molecule has 0 aliphatic carbocycles. The largest absolute Gasteiger partial charge is 1.00 e. The fourth-order valence-corrected chi connectivity index (χ4v) is 1.74. The molecular formula is C8H20LiN2P. The zero-order chi connectivity index (χ0) is 8.69. The average molecular weight is 182 g/mol. The first-order valence-corrected chi connectivity index (χ1v) is 5.29. The van der Waals surface area contributed by atoms with E-state index in [4.69, 9.17) is 0 Å². The Kier molecular flexibility index (Phi) is 12.9. The van der Waals surface area contributed by atoms with Gasteiger partial charge in [0.1, 0.15) is 0 Å². The normalized spacial score (nSPS) is 10.5. The molecule has 0 aromatic heterocycles. The molecule has 0 aliphatic heterocycles. The first kappa shape index (κ1) is 15.4. The minimum Gasteiger partial charge on any atom is -0.446 e. The summed E-state index contributed by atoms with van der Waals surface area (Å²) in [5.74, 6) is 0. The molecular weight excluding hydrogens is 162 g/mol. The Morgan fingerprint density at radius 3 is 1.17 bits per heavy atom. The Balaban J connectivity index is 0. The first-order valence-electron chi connectivity index (χ1n) is 4.49. The van der Waals surface area contributed by atoms with Gasteiger partial charge in [0.05, 0.1) is 0 Å². The average Bonchev–Trinajstić information content (AvgIpc) is 2.07. The topological polar surface area (TPSA) is 6.48 Å². The van der Waals surface area contributed by atoms with Crippen molar-refractivity contribution in [2.45, 2.75) is 27.7 Å². The minimum atomic E-state index is 0. The third-order valence-electron chi connectivity index (χ3n) is 1.71. The van der Waals surface area contributed by atoms with E-state index >= 15 is 0 Å². The van der Waals surface area contributed by atoms with Crippen LogP contribution in [0.1, 0.15) is 27.7 Å². The summed E-state index contributed by atoms with van der Waals surface area (Å²) in [5.41, 5.74) is 0. The van der Waals surface area contributed by atoms with Crippen molar-refractivity contribution < 1.29 is 18.9 Å². The quantitative estimate of drug-likeness (QED) is 0.402. The van der Waals surface area contributed by atoms with Crippen LogP contribution < -0.4 is 18.9 Å². The molecule has 0 bridgehead atoms. The van der Waals surface area contributed by atoms with E-state index in [2.05, 4.69) is 37.0 Å². The van der Waals surface area contributed by atoms with Crippen molar-refractivity contribution in [2.75, 3.05) is 26.2 Å². The van der Waals surface area contributed by atoms with Gasteiger partial charge in [0.25, 0.3) is 0 Å². The minimum absolute atomic E-state index is 0. The predicted octanol–water partition coefficient (Wildman–Crippen LogP) is -0.550. The van der Waals surface area contributed by atoms with E-state index in [0.29, 0.717) is 0 Å². The van der Waals surface area contributed by atoms with Crippen molar-refractivity contribution in [3.8, 4) is 0 Å². The van der Waals surface area contributed by atoms with Crippen molar-refractivity contribution in [2.24, 2.45) is 0 Å². The summed E-state index contributed by atoms with van der Waals surface area (Å²) in [7, 11) is 1.37. The van der Waals surface area contributed by atoms with Crippen molar-refractivity contribution >= 4 is 8.88 Å². The van der Waals surface area contributed by atoms with Crippen molar-refractivity contribution in [1.82, 2.24) is 9.34 Å².